The van der Waals surface area contributed by atoms with Gasteiger partial charge in [-0.15, -0.1) is 0 Å². The number of rotatable bonds is 4. The molecule has 2 atom stereocenters. The molecule has 4 nitrogen and oxygen atoms in total. The normalized spacial score (nSPS) is 25.2. The highest BCUT2D eigenvalue weighted by molar-refractivity contribution is 5.68. The minimum Gasteiger partial charge on any atom is -0.487 e. The highest BCUT2D eigenvalue weighted by Crippen LogP contribution is 2.44. The Bertz CT molecular complexity index is 658. The molecule has 3 heterocycles. The Morgan fingerprint density at radius 1 is 1.41 bits per heavy atom. The number of unbranched alkanes of at least 4 members (excludes halogenated alkanes) is 2. The molecule has 0 radical (unpaired) electrons. The van der Waals surface area contributed by atoms with Crippen LogP contribution in [-0.2, 0) is 6.42 Å². The van der Waals surface area contributed by atoms with Crippen molar-refractivity contribution in [2.45, 2.75) is 58.0 Å². The zero-order valence-electron chi connectivity index (χ0n) is 14.1. The summed E-state index contributed by atoms with van der Waals surface area (Å²) in [4.78, 5) is 15.7. The van der Waals surface area contributed by atoms with Gasteiger partial charge in [-0.1, -0.05) is 19.8 Å². The zero-order chi connectivity index (χ0) is 15.9. The van der Waals surface area contributed by atoms with Crippen molar-refractivity contribution in [1.29, 1.82) is 0 Å². The van der Waals surface area contributed by atoms with Crippen LogP contribution in [0.2, 0.25) is 0 Å². The van der Waals surface area contributed by atoms with Gasteiger partial charge in [0.2, 0.25) is 0 Å². The third-order valence-corrected chi connectivity index (χ3v) is 5.07. The van der Waals surface area contributed by atoms with E-state index < -0.39 is 0 Å². The number of aromatic nitrogens is 1. The molecular weight excluding hydrogens is 276 g/mol. The Balaban J connectivity index is 1.99. The standard InChI is InChI=1S/C18H26N2O2/c1-5-6-7-8-12-9-15-16(17(21)19-12)13-10-20(4)11-14(13)18(2,3)22-15/h9-10,13-14H,5-8,11H2,1-4H3/p+1. The van der Waals surface area contributed by atoms with Crippen molar-refractivity contribution >= 4 is 6.21 Å². The predicted molar refractivity (Wildman–Crippen MR) is 88.3 cm³/mol. The van der Waals surface area contributed by atoms with Crippen LogP contribution >= 0.6 is 0 Å². The summed E-state index contributed by atoms with van der Waals surface area (Å²) in [5.74, 6) is 1.28. The SMILES string of the molecule is CCCCCc1cc2c(c(=O)[nH]1)C1C=[N+](C)CC1C(C)(C)O2. The first-order chi connectivity index (χ1) is 10.4. The number of nitrogens with zero attached hydrogens (tertiary/aromatic N) is 1. The molecule has 3 rings (SSSR count). The maximum absolute atomic E-state index is 12.6. The topological polar surface area (TPSA) is 45.1 Å². The molecule has 0 bridgehead atoms. The third-order valence-electron chi connectivity index (χ3n) is 5.07. The third kappa shape index (κ3) is 2.59. The second-order valence-corrected chi connectivity index (χ2v) is 7.29. The summed E-state index contributed by atoms with van der Waals surface area (Å²) in [7, 11) is 2.07. The number of hydrogen-bond donors (Lipinski definition) is 1. The predicted octanol–water partition coefficient (Wildman–Crippen LogP) is 2.71. The van der Waals surface area contributed by atoms with Crippen LogP contribution in [0.4, 0.5) is 0 Å². The minimum absolute atomic E-state index is 0.0287. The first-order valence-corrected chi connectivity index (χ1v) is 8.42. The van der Waals surface area contributed by atoms with Crippen LogP contribution in [0.3, 0.4) is 0 Å². The molecule has 22 heavy (non-hydrogen) atoms. The average Bonchev–Trinajstić information content (AvgIpc) is 2.80. The van der Waals surface area contributed by atoms with Crippen LogP contribution < -0.4 is 10.3 Å². The summed E-state index contributed by atoms with van der Waals surface area (Å²) in [6.07, 6.45) is 6.58. The van der Waals surface area contributed by atoms with Crippen molar-refractivity contribution in [3.8, 4) is 5.75 Å². The van der Waals surface area contributed by atoms with E-state index in [9.17, 15) is 4.79 Å². The molecule has 2 unspecified atom stereocenters. The molecule has 0 saturated carbocycles. The Morgan fingerprint density at radius 3 is 2.91 bits per heavy atom. The number of nitrogens with one attached hydrogen (secondary N) is 1. The maximum atomic E-state index is 12.6. The zero-order valence-corrected chi connectivity index (χ0v) is 14.1. The van der Waals surface area contributed by atoms with E-state index in [1.54, 1.807) is 0 Å². The lowest BCUT2D eigenvalue weighted by Gasteiger charge is -2.39. The van der Waals surface area contributed by atoms with Crippen molar-refractivity contribution in [2.24, 2.45) is 5.92 Å². The summed E-state index contributed by atoms with van der Waals surface area (Å²) in [6.45, 7) is 7.40. The smallest absolute Gasteiger partial charge is 0.255 e. The van der Waals surface area contributed by atoms with Crippen molar-refractivity contribution in [3.05, 3.63) is 27.7 Å². The van der Waals surface area contributed by atoms with Crippen molar-refractivity contribution in [2.75, 3.05) is 13.6 Å². The van der Waals surface area contributed by atoms with E-state index in [0.717, 1.165) is 36.4 Å². The lowest BCUT2D eigenvalue weighted by atomic mass is 9.76. The summed E-state index contributed by atoms with van der Waals surface area (Å²) < 4.78 is 8.43. The first-order valence-electron chi connectivity index (χ1n) is 8.42. The van der Waals surface area contributed by atoms with Crippen molar-refractivity contribution in [1.82, 2.24) is 4.98 Å². The Kier molecular flexibility index (Phi) is 3.87. The molecule has 1 aromatic heterocycles. The number of aromatic amines is 1. The van der Waals surface area contributed by atoms with Crippen LogP contribution in [0.1, 0.15) is 57.2 Å². The van der Waals surface area contributed by atoms with E-state index >= 15 is 0 Å². The molecule has 0 spiro atoms. The van der Waals surface area contributed by atoms with Crippen LogP contribution in [0.15, 0.2) is 10.9 Å². The van der Waals surface area contributed by atoms with E-state index in [1.165, 1.54) is 12.8 Å². The first kappa shape index (κ1) is 15.3. The Hall–Kier alpha value is -1.58. The van der Waals surface area contributed by atoms with Gasteiger partial charge in [-0.05, 0) is 26.7 Å². The molecule has 2 aliphatic rings. The second-order valence-electron chi connectivity index (χ2n) is 7.29. The van der Waals surface area contributed by atoms with Crippen molar-refractivity contribution in [3.63, 3.8) is 0 Å². The highest BCUT2D eigenvalue weighted by Gasteiger charge is 2.50. The molecule has 2 aliphatic heterocycles. The van der Waals surface area contributed by atoms with Gasteiger partial charge in [0.25, 0.3) is 5.56 Å². The van der Waals surface area contributed by atoms with E-state index in [-0.39, 0.29) is 17.1 Å². The molecular formula is C18H27N2O2+. The fraction of sp³-hybridized carbons (Fsp3) is 0.667. The number of ether oxygens (including phenoxy) is 1. The monoisotopic (exact) mass is 303 g/mol. The second kappa shape index (κ2) is 5.56. The van der Waals surface area contributed by atoms with Gasteiger partial charge in [-0.25, -0.2) is 4.58 Å². The Labute approximate surface area is 132 Å². The Morgan fingerprint density at radius 2 is 2.18 bits per heavy atom. The maximum Gasteiger partial charge on any atom is 0.255 e. The van der Waals surface area contributed by atoms with E-state index in [1.807, 2.05) is 0 Å². The molecule has 1 aromatic rings. The lowest BCUT2D eigenvalue weighted by molar-refractivity contribution is -0.492. The molecule has 0 aliphatic carbocycles. The number of pyridine rings is 1. The summed E-state index contributed by atoms with van der Waals surface area (Å²) >= 11 is 0. The van der Waals surface area contributed by atoms with Gasteiger partial charge in [-0.2, -0.15) is 0 Å². The van der Waals surface area contributed by atoms with Crippen LogP contribution in [0, 0.1) is 5.92 Å². The summed E-state index contributed by atoms with van der Waals surface area (Å²) in [6, 6.07) is 2.05. The molecule has 0 fully saturated rings. The molecule has 120 valence electrons. The van der Waals surface area contributed by atoms with Gasteiger partial charge in [0.05, 0.1) is 17.4 Å². The molecule has 1 N–H and O–H groups in total. The largest absolute Gasteiger partial charge is 0.487 e. The number of H-pyrrole nitrogens is 1. The molecule has 4 heteroatoms. The number of aryl methyl sites for hydroxylation is 1. The van der Waals surface area contributed by atoms with E-state index in [2.05, 4.69) is 49.7 Å². The van der Waals surface area contributed by atoms with Gasteiger partial charge in [0.1, 0.15) is 31.2 Å². The molecule has 0 aromatic carbocycles. The number of hydrogen-bond acceptors (Lipinski definition) is 2. The lowest BCUT2D eigenvalue weighted by Crippen LogP contribution is -2.47. The fourth-order valence-electron chi connectivity index (χ4n) is 3.85. The van der Waals surface area contributed by atoms with Gasteiger partial charge < -0.3 is 9.72 Å². The van der Waals surface area contributed by atoms with Crippen molar-refractivity contribution < 1.29 is 9.31 Å². The fourth-order valence-corrected chi connectivity index (χ4v) is 3.85. The average molecular weight is 303 g/mol. The van der Waals surface area contributed by atoms with Crippen LogP contribution in [-0.4, -0.2) is 35.0 Å². The van der Waals surface area contributed by atoms with E-state index in [0.29, 0.717) is 5.92 Å². The van der Waals surface area contributed by atoms with Gasteiger partial charge in [-0.3, -0.25) is 4.79 Å². The van der Waals surface area contributed by atoms with Gasteiger partial charge in [0, 0.05) is 11.8 Å². The molecule has 0 amide bonds. The quantitative estimate of drug-likeness (QED) is 0.686. The summed E-state index contributed by atoms with van der Waals surface area (Å²) in [5, 5.41) is 0. The number of fused-ring (bicyclic) bond motifs is 3. The van der Waals surface area contributed by atoms with Gasteiger partial charge >= 0.3 is 0 Å². The minimum atomic E-state index is -0.243. The van der Waals surface area contributed by atoms with Crippen LogP contribution in [0.5, 0.6) is 5.75 Å². The summed E-state index contributed by atoms with van der Waals surface area (Å²) in [5.41, 5.74) is 1.60. The molecule has 0 saturated heterocycles. The highest BCUT2D eigenvalue weighted by atomic mass is 16.5. The van der Waals surface area contributed by atoms with Crippen LogP contribution in [0.25, 0.3) is 0 Å². The van der Waals surface area contributed by atoms with Gasteiger partial charge in [0.15, 0.2) is 0 Å². The van der Waals surface area contributed by atoms with E-state index in [4.69, 9.17) is 4.74 Å².